The number of nitrogens with two attached hydrogens (primary N) is 1. The largest absolute Gasteiger partial charge is 0.790 e. The van der Waals surface area contributed by atoms with Gasteiger partial charge in [-0.15, -0.1) is 0 Å². The third-order valence-electron chi connectivity index (χ3n) is 7.59. The van der Waals surface area contributed by atoms with Crippen molar-refractivity contribution in [2.75, 3.05) is 37.8 Å². The quantitative estimate of drug-likeness (QED) is 0.0517. The second-order valence-electron chi connectivity index (χ2n) is 12.8. The highest BCUT2D eigenvalue weighted by Gasteiger charge is 2.47. The lowest BCUT2D eigenvalue weighted by molar-refractivity contribution is -0.347. The van der Waals surface area contributed by atoms with E-state index in [0.29, 0.717) is 0 Å². The number of imidazole rings is 1. The molecule has 312 valence electrons. The van der Waals surface area contributed by atoms with Gasteiger partial charge in [-0.2, -0.15) is 0 Å². The maximum absolute atomic E-state index is 12.5. The van der Waals surface area contributed by atoms with Crippen molar-refractivity contribution in [2.45, 2.75) is 70.9 Å². The number of anilines is 1. The van der Waals surface area contributed by atoms with Crippen LogP contribution in [0.4, 0.5) is 5.82 Å². The molecule has 0 spiro atoms. The number of aliphatic hydroxyl groups is 3. The van der Waals surface area contributed by atoms with E-state index in [-0.39, 0.29) is 48.2 Å². The summed E-state index contributed by atoms with van der Waals surface area (Å²) in [6, 6.07) is 0. The number of aliphatic hydroxyl groups excluding tert-OH is 3. The predicted octanol–water partition coefficient (Wildman–Crippen LogP) is -3.85. The van der Waals surface area contributed by atoms with Gasteiger partial charge in [0.2, 0.25) is 16.9 Å². The molecule has 29 heteroatoms. The summed E-state index contributed by atoms with van der Waals surface area (Å²) >= 11 is 0.845. The number of phosphoric acid groups is 3. The number of hydrogen-bond acceptors (Lipinski definition) is 23. The minimum absolute atomic E-state index is 0.0266. The Hall–Kier alpha value is -2.48. The Morgan fingerprint density at radius 3 is 2.35 bits per heavy atom. The van der Waals surface area contributed by atoms with Crippen molar-refractivity contribution >= 4 is 69.1 Å². The number of rotatable bonds is 21. The summed E-state index contributed by atoms with van der Waals surface area (Å²) in [4.78, 5) is 95.6. The van der Waals surface area contributed by atoms with Gasteiger partial charge < -0.3 is 74.1 Å². The molecule has 1 fully saturated rings. The van der Waals surface area contributed by atoms with Crippen LogP contribution >= 0.6 is 35.2 Å². The number of thioether (sulfide) groups is 1. The molecule has 0 saturated carbocycles. The van der Waals surface area contributed by atoms with Crippen LogP contribution in [0.5, 0.6) is 0 Å². The molecule has 7 N–H and O–H groups in total. The molecule has 0 radical (unpaired) electrons. The maximum atomic E-state index is 12.5. The van der Waals surface area contributed by atoms with Gasteiger partial charge >= 0.3 is 0 Å². The zero-order chi connectivity index (χ0) is 41.5. The fraction of sp³-hybridized carbons (Fsp3) is 0.692. The fourth-order valence-corrected chi connectivity index (χ4v) is 8.20. The van der Waals surface area contributed by atoms with Gasteiger partial charge in [0.1, 0.15) is 42.4 Å². The molecule has 3 heterocycles. The first-order valence-corrected chi connectivity index (χ1v) is 21.4. The van der Waals surface area contributed by atoms with Gasteiger partial charge in [0.15, 0.2) is 17.7 Å². The van der Waals surface area contributed by atoms with Crippen LogP contribution in [0.3, 0.4) is 0 Å². The standard InChI is InChI=1S/C26H44N7O18P3S/c1-13(2)17(35)25(39)55-8-7-28-15(34)5-6-29-23(38)20(37)26(3,4)10-48-54(45,46)51-53(43,44)47-9-14-19(50-52(40,41)42)18(36)24(49-14)33-12-32-16-21(27)30-11-31-22(16)33/h11-14,17-20,24,35-37H,5-10H2,1-4H3,(H,28,34)(H,29,38)(H,43,44)(H,45,46)(H2,27,30,31)(H2,40,41,42)/p-4/t14?,17-,18?,19?,20?,24?/m0/s1. The van der Waals surface area contributed by atoms with Gasteiger partial charge in [0.25, 0.3) is 15.6 Å². The van der Waals surface area contributed by atoms with Crippen LogP contribution < -0.4 is 35.9 Å². The number of ether oxygens (including phenoxy) is 1. The van der Waals surface area contributed by atoms with Crippen LogP contribution in [0, 0.1) is 11.3 Å². The summed E-state index contributed by atoms with van der Waals surface area (Å²) in [7, 11) is -17.6. The topological polar surface area (TPSA) is 395 Å². The van der Waals surface area contributed by atoms with Crippen LogP contribution in [0.2, 0.25) is 0 Å². The molecule has 1 saturated heterocycles. The number of hydrogen-bond donors (Lipinski definition) is 6. The molecule has 0 aliphatic carbocycles. The van der Waals surface area contributed by atoms with E-state index in [9.17, 15) is 63.0 Å². The molecule has 2 amide bonds. The van der Waals surface area contributed by atoms with Crippen molar-refractivity contribution in [3.63, 3.8) is 0 Å². The van der Waals surface area contributed by atoms with Crippen molar-refractivity contribution in [3.8, 4) is 0 Å². The zero-order valence-electron chi connectivity index (χ0n) is 29.5. The average molecular weight is 864 g/mol. The van der Waals surface area contributed by atoms with E-state index in [1.807, 2.05) is 0 Å². The number of fused-ring (bicyclic) bond motifs is 1. The fourth-order valence-electron chi connectivity index (χ4n) is 4.62. The van der Waals surface area contributed by atoms with Gasteiger partial charge in [-0.25, -0.2) is 19.3 Å². The van der Waals surface area contributed by atoms with Gasteiger partial charge in [-0.1, -0.05) is 39.5 Å². The number of nitrogens with one attached hydrogen (secondary N) is 2. The molecule has 1 aliphatic rings. The number of nitrogens with zero attached hydrogens (tertiary/aromatic N) is 4. The Morgan fingerprint density at radius 1 is 1.05 bits per heavy atom. The van der Waals surface area contributed by atoms with E-state index in [4.69, 9.17) is 10.5 Å². The van der Waals surface area contributed by atoms with Gasteiger partial charge in [0, 0.05) is 30.7 Å². The van der Waals surface area contributed by atoms with Crippen LogP contribution in [-0.4, -0.2) is 114 Å². The number of aromatic nitrogens is 4. The number of carbonyl (C=O) groups excluding carboxylic acids is 3. The molecular formula is C26H40N7O18P3S-4. The summed E-state index contributed by atoms with van der Waals surface area (Å²) in [5.74, 6) is -1.71. The van der Waals surface area contributed by atoms with Gasteiger partial charge in [-0.3, -0.25) is 28.1 Å². The lowest BCUT2D eigenvalue weighted by Gasteiger charge is -2.36. The van der Waals surface area contributed by atoms with E-state index in [0.717, 1.165) is 29.0 Å². The molecular weight excluding hydrogens is 823 g/mol. The van der Waals surface area contributed by atoms with E-state index >= 15 is 0 Å². The van der Waals surface area contributed by atoms with Crippen molar-refractivity contribution < 1.29 is 85.6 Å². The molecule has 2 aromatic rings. The maximum Gasteiger partial charge on any atom is 0.274 e. The molecule has 3 rings (SSSR count). The van der Waals surface area contributed by atoms with E-state index < -0.39 is 95.8 Å². The molecule has 25 nitrogen and oxygen atoms in total. The van der Waals surface area contributed by atoms with Gasteiger partial charge in [0.05, 0.1) is 27.4 Å². The predicted molar refractivity (Wildman–Crippen MR) is 179 cm³/mol. The van der Waals surface area contributed by atoms with Crippen molar-refractivity contribution in [1.82, 2.24) is 30.2 Å². The minimum Gasteiger partial charge on any atom is -0.790 e. The smallest absolute Gasteiger partial charge is 0.274 e. The summed E-state index contributed by atoms with van der Waals surface area (Å²) in [5, 5.41) is 35.3. The summed E-state index contributed by atoms with van der Waals surface area (Å²) in [5.41, 5.74) is 4.03. The summed E-state index contributed by atoms with van der Waals surface area (Å²) in [6.07, 6.45) is -8.82. The highest BCUT2D eigenvalue weighted by molar-refractivity contribution is 8.13. The number of phosphoric ester groups is 3. The Bertz CT molecular complexity index is 1810. The molecule has 1 aliphatic heterocycles. The Morgan fingerprint density at radius 2 is 1.71 bits per heavy atom. The van der Waals surface area contributed by atoms with Gasteiger partial charge in [-0.05, 0) is 5.92 Å². The summed E-state index contributed by atoms with van der Waals surface area (Å²) in [6.45, 7) is 3.26. The van der Waals surface area contributed by atoms with Crippen molar-refractivity contribution in [2.24, 2.45) is 11.3 Å². The van der Waals surface area contributed by atoms with Crippen LogP contribution in [0.15, 0.2) is 12.7 Å². The first kappa shape index (κ1) is 46.9. The minimum atomic E-state index is -5.92. The van der Waals surface area contributed by atoms with Crippen molar-refractivity contribution in [1.29, 1.82) is 0 Å². The lowest BCUT2D eigenvalue weighted by Crippen LogP contribution is -2.46. The SMILES string of the molecule is CC(C)[C@H](O)C(=O)SCCNC(=O)CCNC(=O)C(O)C(C)(C)COP(=O)([O-])OP(=O)([O-])OCC1OC(n2cnc3c(N)ncnc32)C(O)C1OP(=O)([O-])[O-]. The zero-order valence-corrected chi connectivity index (χ0v) is 33.0. The van der Waals surface area contributed by atoms with E-state index in [2.05, 4.69) is 43.5 Å². The molecule has 8 atom stereocenters. The van der Waals surface area contributed by atoms with Crippen molar-refractivity contribution in [3.05, 3.63) is 12.7 Å². The molecule has 0 bridgehead atoms. The molecule has 55 heavy (non-hydrogen) atoms. The lowest BCUT2D eigenvalue weighted by atomic mass is 9.87. The van der Waals surface area contributed by atoms with Crippen LogP contribution in [0.25, 0.3) is 11.2 Å². The third kappa shape index (κ3) is 13.8. The molecule has 7 unspecified atom stereocenters. The van der Waals surface area contributed by atoms with E-state index in [1.165, 1.54) is 13.8 Å². The Balaban J connectivity index is 1.50. The highest BCUT2D eigenvalue weighted by atomic mass is 32.2. The molecule has 2 aromatic heterocycles. The highest BCUT2D eigenvalue weighted by Crippen LogP contribution is 2.56. The second-order valence-corrected chi connectivity index (χ2v) is 18.0. The van der Waals surface area contributed by atoms with Crippen LogP contribution in [-0.2, 0) is 50.7 Å². The third-order valence-corrected chi connectivity index (χ3v) is 11.5. The number of nitrogen functional groups attached to an aromatic ring is 1. The van der Waals surface area contributed by atoms with E-state index in [1.54, 1.807) is 13.8 Å². The Kier molecular flexibility index (Phi) is 16.5. The van der Waals surface area contributed by atoms with Crippen LogP contribution in [0.1, 0.15) is 40.3 Å². The number of amides is 2. The first-order chi connectivity index (χ1) is 25.3. The summed E-state index contributed by atoms with van der Waals surface area (Å²) < 4.78 is 60.4. The monoisotopic (exact) mass is 863 g/mol. The first-order valence-electron chi connectivity index (χ1n) is 16.0. The Labute approximate surface area is 317 Å². The number of carbonyl (C=O) groups is 3. The molecule has 0 aromatic carbocycles. The average Bonchev–Trinajstić information content (AvgIpc) is 3.64. The second kappa shape index (κ2) is 19.3. The normalized spacial score (nSPS) is 22.5.